The zero-order valence-corrected chi connectivity index (χ0v) is 15.0. The second kappa shape index (κ2) is 9.33. The number of aromatic carboxylic acids is 1. The van der Waals surface area contributed by atoms with E-state index in [4.69, 9.17) is 15.9 Å². The molecule has 3 rings (SSSR count). The van der Waals surface area contributed by atoms with Crippen LogP contribution in [0, 0.1) is 0 Å². The van der Waals surface area contributed by atoms with Crippen LogP contribution in [0.1, 0.15) is 36.0 Å². The van der Waals surface area contributed by atoms with Crippen LogP contribution in [-0.2, 0) is 4.79 Å². The molecule has 0 unspecified atom stereocenters. The van der Waals surface area contributed by atoms with Crippen molar-refractivity contribution in [1.82, 2.24) is 10.6 Å². The van der Waals surface area contributed by atoms with Crippen molar-refractivity contribution < 1.29 is 24.6 Å². The predicted molar refractivity (Wildman–Crippen MR) is 99.4 cm³/mol. The smallest absolute Gasteiger partial charge is 0.335 e. The van der Waals surface area contributed by atoms with E-state index in [0.29, 0.717) is 10.9 Å². The summed E-state index contributed by atoms with van der Waals surface area (Å²) in [4.78, 5) is 31.7. The molecule has 0 radical (unpaired) electrons. The largest absolute Gasteiger partial charge is 0.481 e. The van der Waals surface area contributed by atoms with Crippen LogP contribution < -0.4 is 16.4 Å². The predicted octanol–water partition coefficient (Wildman–Crippen LogP) is 1.76. The number of unbranched alkanes of at least 4 members (excludes halogenated alkanes) is 1. The molecule has 2 heterocycles. The lowest BCUT2D eigenvalue weighted by Crippen LogP contribution is -2.36. The van der Waals surface area contributed by atoms with Gasteiger partial charge in [0.1, 0.15) is 0 Å². The number of fused-ring (bicyclic) bond motifs is 1. The van der Waals surface area contributed by atoms with Gasteiger partial charge >= 0.3 is 18.0 Å². The van der Waals surface area contributed by atoms with Crippen LogP contribution in [0.3, 0.4) is 0 Å². The van der Waals surface area contributed by atoms with Crippen molar-refractivity contribution in [3.8, 4) is 0 Å². The maximum absolute atomic E-state index is 11.1. The van der Waals surface area contributed by atoms with Crippen LogP contribution in [-0.4, -0.2) is 51.3 Å². The second-order valence-electron chi connectivity index (χ2n) is 6.19. The number of rotatable bonds is 6. The van der Waals surface area contributed by atoms with Crippen molar-refractivity contribution in [2.75, 3.05) is 11.5 Å². The molecular formula is C17H23N3O5S. The molecular weight excluding hydrogens is 358 g/mol. The normalized spacial score (nSPS) is 23.2. The standard InChI is InChI=1S/C10H16N2O3S.C7H7NO2/c13-8(14)4-2-1-3-7-9-6(5-16-7)11-10(15)12-9;8-6-3-1-5(2-4-6)7(9)10/h6-7,9H,1-5H2,(H,13,14)(H2,11,12,15);1-4H,8H2,(H,9,10)/t6-,7-,9-;/m0./s1. The van der Waals surface area contributed by atoms with Crippen LogP contribution in [0.5, 0.6) is 0 Å². The summed E-state index contributed by atoms with van der Waals surface area (Å²) in [5, 5.41) is 23.2. The molecule has 26 heavy (non-hydrogen) atoms. The van der Waals surface area contributed by atoms with Gasteiger partial charge in [0.2, 0.25) is 0 Å². The first-order valence-electron chi connectivity index (χ1n) is 8.36. The van der Waals surface area contributed by atoms with E-state index in [-0.39, 0.29) is 30.1 Å². The SMILES string of the molecule is Nc1ccc(C(=O)O)cc1.O=C(O)CCCC[C@@H]1SC[C@@H]2NC(=O)N[C@@H]21. The number of anilines is 1. The van der Waals surface area contributed by atoms with Gasteiger partial charge in [0, 0.05) is 23.1 Å². The summed E-state index contributed by atoms with van der Waals surface area (Å²) in [5.74, 6) is -0.694. The Kier molecular flexibility index (Phi) is 7.14. The van der Waals surface area contributed by atoms with Crippen molar-refractivity contribution in [2.24, 2.45) is 0 Å². The van der Waals surface area contributed by atoms with Crippen molar-refractivity contribution in [3.63, 3.8) is 0 Å². The molecule has 9 heteroatoms. The molecule has 0 aliphatic carbocycles. The lowest BCUT2D eigenvalue weighted by Gasteiger charge is -2.16. The van der Waals surface area contributed by atoms with Crippen molar-refractivity contribution in [3.05, 3.63) is 29.8 Å². The fraction of sp³-hybridized carbons (Fsp3) is 0.471. The second-order valence-corrected chi connectivity index (χ2v) is 7.46. The average Bonchev–Trinajstić information content (AvgIpc) is 3.12. The minimum absolute atomic E-state index is 0.0640. The van der Waals surface area contributed by atoms with E-state index in [2.05, 4.69) is 10.6 Å². The number of nitrogens with two attached hydrogens (primary N) is 1. The topological polar surface area (TPSA) is 142 Å². The van der Waals surface area contributed by atoms with E-state index in [9.17, 15) is 14.4 Å². The van der Waals surface area contributed by atoms with Gasteiger partial charge in [0.25, 0.3) is 0 Å². The Bertz CT molecular complexity index is 652. The number of amides is 2. The third-order valence-electron chi connectivity index (χ3n) is 4.23. The van der Waals surface area contributed by atoms with E-state index < -0.39 is 11.9 Å². The third kappa shape index (κ3) is 5.83. The van der Waals surface area contributed by atoms with Crippen molar-refractivity contribution in [1.29, 1.82) is 0 Å². The van der Waals surface area contributed by atoms with Gasteiger partial charge in [0.15, 0.2) is 0 Å². The van der Waals surface area contributed by atoms with Crippen molar-refractivity contribution in [2.45, 2.75) is 43.0 Å². The number of benzene rings is 1. The Morgan fingerprint density at radius 3 is 2.46 bits per heavy atom. The van der Waals surface area contributed by atoms with Gasteiger partial charge in [-0.15, -0.1) is 0 Å². The molecule has 3 atom stereocenters. The quantitative estimate of drug-likeness (QED) is 0.287. The summed E-state index contributed by atoms with van der Waals surface area (Å²) in [6.07, 6.45) is 2.88. The average molecular weight is 381 g/mol. The molecule has 0 aromatic heterocycles. The van der Waals surface area contributed by atoms with Gasteiger partial charge in [-0.1, -0.05) is 6.42 Å². The molecule has 2 saturated heterocycles. The Labute approximate surface area is 155 Å². The first-order valence-corrected chi connectivity index (χ1v) is 9.41. The van der Waals surface area contributed by atoms with Gasteiger partial charge in [-0.2, -0.15) is 11.8 Å². The fourth-order valence-electron chi connectivity index (χ4n) is 2.89. The molecule has 142 valence electrons. The molecule has 2 aliphatic rings. The summed E-state index contributed by atoms with van der Waals surface area (Å²) < 4.78 is 0. The van der Waals surface area contributed by atoms with Gasteiger partial charge < -0.3 is 26.6 Å². The minimum Gasteiger partial charge on any atom is -0.481 e. The molecule has 6 N–H and O–H groups in total. The number of aliphatic carboxylic acids is 1. The molecule has 1 aromatic carbocycles. The summed E-state index contributed by atoms with van der Waals surface area (Å²) in [6.45, 7) is 0. The summed E-state index contributed by atoms with van der Waals surface area (Å²) in [7, 11) is 0. The van der Waals surface area contributed by atoms with Crippen LogP contribution in [0.25, 0.3) is 0 Å². The van der Waals surface area contributed by atoms with E-state index in [1.807, 2.05) is 11.8 Å². The maximum Gasteiger partial charge on any atom is 0.335 e. The van der Waals surface area contributed by atoms with E-state index >= 15 is 0 Å². The summed E-state index contributed by atoms with van der Waals surface area (Å²) in [5.41, 5.74) is 6.17. The van der Waals surface area contributed by atoms with Gasteiger partial charge in [-0.05, 0) is 37.1 Å². The van der Waals surface area contributed by atoms with Crippen molar-refractivity contribution >= 4 is 35.4 Å². The number of hydrogen-bond donors (Lipinski definition) is 5. The van der Waals surface area contributed by atoms with E-state index in [1.165, 1.54) is 12.1 Å². The number of carbonyl (C=O) groups is 3. The first kappa shape index (κ1) is 19.9. The van der Waals surface area contributed by atoms with Crippen LogP contribution in [0.15, 0.2) is 24.3 Å². The molecule has 0 spiro atoms. The molecule has 2 aliphatic heterocycles. The highest BCUT2D eigenvalue weighted by molar-refractivity contribution is 8.00. The Morgan fingerprint density at radius 1 is 1.15 bits per heavy atom. The number of carboxylic acid groups (broad SMARTS) is 2. The highest BCUT2D eigenvalue weighted by Gasteiger charge is 2.42. The maximum atomic E-state index is 11.1. The molecule has 2 amide bonds. The fourth-order valence-corrected chi connectivity index (χ4v) is 4.43. The van der Waals surface area contributed by atoms with Gasteiger partial charge in [-0.3, -0.25) is 4.79 Å². The monoisotopic (exact) mass is 381 g/mol. The highest BCUT2D eigenvalue weighted by atomic mass is 32.2. The number of carboxylic acids is 2. The Morgan fingerprint density at radius 2 is 1.85 bits per heavy atom. The molecule has 1 aromatic rings. The molecule has 2 fully saturated rings. The summed E-state index contributed by atoms with van der Waals surface area (Å²) in [6, 6.07) is 6.50. The molecule has 0 bridgehead atoms. The molecule has 0 saturated carbocycles. The van der Waals surface area contributed by atoms with Crippen LogP contribution >= 0.6 is 11.8 Å². The lowest BCUT2D eigenvalue weighted by atomic mass is 10.0. The van der Waals surface area contributed by atoms with Crippen LogP contribution in [0.2, 0.25) is 0 Å². The number of carbonyl (C=O) groups excluding carboxylic acids is 1. The number of nitrogen functional groups attached to an aromatic ring is 1. The van der Waals surface area contributed by atoms with Crippen LogP contribution in [0.4, 0.5) is 10.5 Å². The Balaban J connectivity index is 0.000000209. The zero-order valence-electron chi connectivity index (χ0n) is 14.2. The third-order valence-corrected chi connectivity index (χ3v) is 5.73. The minimum atomic E-state index is -0.931. The van der Waals surface area contributed by atoms with E-state index in [0.717, 1.165) is 25.0 Å². The number of nitrogens with one attached hydrogen (secondary N) is 2. The lowest BCUT2D eigenvalue weighted by molar-refractivity contribution is -0.137. The van der Waals surface area contributed by atoms with E-state index in [1.54, 1.807) is 12.1 Å². The molecule has 8 nitrogen and oxygen atoms in total. The zero-order chi connectivity index (χ0) is 19.1. The number of thioether (sulfide) groups is 1. The number of urea groups is 1. The van der Waals surface area contributed by atoms with Gasteiger partial charge in [-0.25, -0.2) is 9.59 Å². The first-order chi connectivity index (χ1) is 12.4. The Hall–Kier alpha value is -2.42. The number of hydrogen-bond acceptors (Lipinski definition) is 5. The summed E-state index contributed by atoms with van der Waals surface area (Å²) >= 11 is 1.87. The van der Waals surface area contributed by atoms with Gasteiger partial charge in [0.05, 0.1) is 17.6 Å². The highest BCUT2D eigenvalue weighted by Crippen LogP contribution is 2.33.